The average Bonchev–Trinajstić information content (AvgIpc) is 2.36. The van der Waals surface area contributed by atoms with Crippen molar-refractivity contribution in [1.82, 2.24) is 4.98 Å². The summed E-state index contributed by atoms with van der Waals surface area (Å²) in [6.07, 6.45) is 0. The number of nitrogens with one attached hydrogen (secondary N) is 1. The molecule has 94 valence electrons. The molecule has 0 amide bonds. The molecule has 1 aromatic carbocycles. The molecule has 0 fully saturated rings. The molecule has 0 aliphatic carbocycles. The molecule has 1 heterocycles. The monoisotopic (exact) mass is 327 g/mol. The van der Waals surface area contributed by atoms with E-state index >= 15 is 0 Å². The first kappa shape index (κ1) is 13.0. The Kier molecular flexibility index (Phi) is 3.93. The number of hydrogen-bond donors (Lipinski definition) is 2. The van der Waals surface area contributed by atoms with Crippen LogP contribution >= 0.6 is 27.5 Å². The molecule has 3 N–H and O–H groups in total. The fourth-order valence-corrected chi connectivity index (χ4v) is 1.87. The highest BCUT2D eigenvalue weighted by atomic mass is 79.9. The van der Waals surface area contributed by atoms with Gasteiger partial charge in [0.05, 0.1) is 17.8 Å². The number of ether oxygens (including phenoxy) is 1. The van der Waals surface area contributed by atoms with Crippen molar-refractivity contribution in [1.29, 1.82) is 0 Å². The minimum atomic E-state index is 0.500. The Balaban J connectivity index is 2.30. The van der Waals surface area contributed by atoms with Gasteiger partial charge in [-0.05, 0) is 40.2 Å². The molecule has 2 rings (SSSR count). The first-order chi connectivity index (χ1) is 8.60. The van der Waals surface area contributed by atoms with Crippen molar-refractivity contribution < 1.29 is 4.74 Å². The zero-order chi connectivity index (χ0) is 13.1. The summed E-state index contributed by atoms with van der Waals surface area (Å²) in [6, 6.07) is 8.92. The highest BCUT2D eigenvalue weighted by Crippen LogP contribution is 2.29. The maximum atomic E-state index is 5.93. The summed E-state index contributed by atoms with van der Waals surface area (Å²) in [5, 5.41) is 3.76. The first-order valence-corrected chi connectivity index (χ1v) is 6.30. The van der Waals surface area contributed by atoms with Crippen LogP contribution in [0.15, 0.2) is 34.8 Å². The van der Waals surface area contributed by atoms with Crippen LogP contribution in [0.4, 0.5) is 17.2 Å². The number of nitrogen functional groups attached to an aromatic ring is 1. The number of rotatable bonds is 3. The van der Waals surface area contributed by atoms with E-state index in [9.17, 15) is 0 Å². The summed E-state index contributed by atoms with van der Waals surface area (Å²) >= 11 is 9.29. The van der Waals surface area contributed by atoms with Crippen LogP contribution in [0.1, 0.15) is 0 Å². The van der Waals surface area contributed by atoms with Crippen molar-refractivity contribution in [3.8, 4) is 5.88 Å². The van der Waals surface area contributed by atoms with E-state index in [1.807, 2.05) is 12.1 Å². The fraction of sp³-hybridized carbons (Fsp3) is 0.0833. The standard InChI is InChI=1S/C12H11BrClN3O/c1-18-11-5-4-10(15)12(17-11)16-7-2-3-9(14)8(13)6-7/h2-6H,15H2,1H3,(H,16,17). The van der Waals surface area contributed by atoms with Crippen LogP contribution in [-0.2, 0) is 0 Å². The lowest BCUT2D eigenvalue weighted by Crippen LogP contribution is -2.00. The summed E-state index contributed by atoms with van der Waals surface area (Å²) < 4.78 is 5.85. The zero-order valence-electron chi connectivity index (χ0n) is 9.58. The third-order valence-corrected chi connectivity index (χ3v) is 3.51. The number of halogens is 2. The van der Waals surface area contributed by atoms with Crippen molar-refractivity contribution in [2.75, 3.05) is 18.2 Å². The van der Waals surface area contributed by atoms with Gasteiger partial charge in [0.15, 0.2) is 5.82 Å². The number of hydrogen-bond acceptors (Lipinski definition) is 4. The predicted molar refractivity (Wildman–Crippen MR) is 77.6 cm³/mol. The summed E-state index contributed by atoms with van der Waals surface area (Å²) in [5.41, 5.74) is 7.22. The first-order valence-electron chi connectivity index (χ1n) is 5.12. The average molecular weight is 329 g/mol. The Hall–Kier alpha value is -1.46. The molecule has 2 aromatic rings. The SMILES string of the molecule is COc1ccc(N)c(Nc2ccc(Cl)c(Br)c2)n1. The van der Waals surface area contributed by atoms with E-state index in [-0.39, 0.29) is 0 Å². The van der Waals surface area contributed by atoms with Crippen molar-refractivity contribution >= 4 is 44.7 Å². The smallest absolute Gasteiger partial charge is 0.215 e. The van der Waals surface area contributed by atoms with Crippen LogP contribution < -0.4 is 15.8 Å². The van der Waals surface area contributed by atoms with Crippen molar-refractivity contribution in [3.05, 3.63) is 39.8 Å². The van der Waals surface area contributed by atoms with Gasteiger partial charge in [0.25, 0.3) is 0 Å². The Morgan fingerprint density at radius 1 is 1.33 bits per heavy atom. The van der Waals surface area contributed by atoms with Crippen LogP contribution in [0.3, 0.4) is 0 Å². The van der Waals surface area contributed by atoms with Crippen molar-refractivity contribution in [3.63, 3.8) is 0 Å². The van der Waals surface area contributed by atoms with Crippen molar-refractivity contribution in [2.24, 2.45) is 0 Å². The third-order valence-electron chi connectivity index (χ3n) is 2.29. The molecule has 0 bridgehead atoms. The summed E-state index contributed by atoms with van der Waals surface area (Å²) in [6.45, 7) is 0. The van der Waals surface area contributed by atoms with E-state index < -0.39 is 0 Å². The summed E-state index contributed by atoms with van der Waals surface area (Å²) in [5.74, 6) is 1.04. The van der Waals surface area contributed by atoms with Gasteiger partial charge in [0, 0.05) is 16.2 Å². The molecule has 4 nitrogen and oxygen atoms in total. The number of nitrogens with two attached hydrogens (primary N) is 1. The molecule has 6 heteroatoms. The molecule has 0 radical (unpaired) electrons. The molecular weight excluding hydrogens is 318 g/mol. The van der Waals surface area contributed by atoms with E-state index in [2.05, 4.69) is 26.2 Å². The minimum Gasteiger partial charge on any atom is -0.481 e. The van der Waals surface area contributed by atoms with Crippen LogP contribution in [0.25, 0.3) is 0 Å². The zero-order valence-corrected chi connectivity index (χ0v) is 11.9. The van der Waals surface area contributed by atoms with Gasteiger partial charge in [-0.3, -0.25) is 0 Å². The van der Waals surface area contributed by atoms with E-state index in [4.69, 9.17) is 22.1 Å². The largest absolute Gasteiger partial charge is 0.481 e. The van der Waals surface area contributed by atoms with Crippen LogP contribution in [0.2, 0.25) is 5.02 Å². The second-order valence-electron chi connectivity index (χ2n) is 3.55. The topological polar surface area (TPSA) is 60.2 Å². The molecule has 0 unspecified atom stereocenters. The van der Waals surface area contributed by atoms with Gasteiger partial charge >= 0.3 is 0 Å². The van der Waals surface area contributed by atoms with Gasteiger partial charge in [-0.15, -0.1) is 0 Å². The molecular formula is C12H11BrClN3O. The minimum absolute atomic E-state index is 0.500. The van der Waals surface area contributed by atoms with Gasteiger partial charge < -0.3 is 15.8 Å². The Bertz CT molecular complexity index is 577. The van der Waals surface area contributed by atoms with Crippen LogP contribution in [-0.4, -0.2) is 12.1 Å². The number of benzene rings is 1. The van der Waals surface area contributed by atoms with E-state index in [0.29, 0.717) is 22.4 Å². The number of anilines is 3. The quantitative estimate of drug-likeness (QED) is 0.899. The molecule has 0 aliphatic heterocycles. The highest BCUT2D eigenvalue weighted by molar-refractivity contribution is 9.10. The second-order valence-corrected chi connectivity index (χ2v) is 4.81. The third kappa shape index (κ3) is 2.86. The molecule has 0 atom stereocenters. The number of nitrogens with zero attached hydrogens (tertiary/aromatic N) is 1. The Labute approximate surface area is 118 Å². The molecule has 0 saturated heterocycles. The Morgan fingerprint density at radius 3 is 2.78 bits per heavy atom. The van der Waals surface area contributed by atoms with Gasteiger partial charge in [-0.2, -0.15) is 4.98 Å². The molecule has 1 aromatic heterocycles. The van der Waals surface area contributed by atoms with E-state index in [1.165, 1.54) is 0 Å². The molecule has 0 spiro atoms. The number of methoxy groups -OCH3 is 1. The maximum Gasteiger partial charge on any atom is 0.215 e. The highest BCUT2D eigenvalue weighted by Gasteiger charge is 2.05. The van der Waals surface area contributed by atoms with Gasteiger partial charge in [0.2, 0.25) is 5.88 Å². The summed E-state index contributed by atoms with van der Waals surface area (Å²) in [7, 11) is 1.56. The van der Waals surface area contributed by atoms with Gasteiger partial charge in [-0.25, -0.2) is 0 Å². The van der Waals surface area contributed by atoms with E-state index in [0.717, 1.165) is 10.2 Å². The molecule has 0 saturated carbocycles. The van der Waals surface area contributed by atoms with Crippen LogP contribution in [0, 0.1) is 0 Å². The lowest BCUT2D eigenvalue weighted by Gasteiger charge is -2.10. The maximum absolute atomic E-state index is 5.93. The van der Waals surface area contributed by atoms with Gasteiger partial charge in [0.1, 0.15) is 0 Å². The van der Waals surface area contributed by atoms with Crippen LogP contribution in [0.5, 0.6) is 5.88 Å². The summed E-state index contributed by atoms with van der Waals surface area (Å²) in [4.78, 5) is 4.23. The predicted octanol–water partition coefficient (Wildman–Crippen LogP) is 3.83. The number of pyridine rings is 1. The molecule has 0 aliphatic rings. The fourth-order valence-electron chi connectivity index (χ4n) is 1.38. The lowest BCUT2D eigenvalue weighted by molar-refractivity contribution is 0.398. The lowest BCUT2D eigenvalue weighted by atomic mass is 10.3. The second kappa shape index (κ2) is 5.46. The normalized spacial score (nSPS) is 10.2. The number of aromatic nitrogens is 1. The van der Waals surface area contributed by atoms with E-state index in [1.54, 1.807) is 25.3 Å². The Morgan fingerprint density at radius 2 is 2.11 bits per heavy atom. The van der Waals surface area contributed by atoms with Crippen molar-refractivity contribution in [2.45, 2.75) is 0 Å². The van der Waals surface area contributed by atoms with Gasteiger partial charge in [-0.1, -0.05) is 11.6 Å². The molecule has 18 heavy (non-hydrogen) atoms.